The van der Waals surface area contributed by atoms with Gasteiger partial charge in [-0.15, -0.1) is 0 Å². The molecule has 1 aliphatic rings. The highest BCUT2D eigenvalue weighted by atomic mass is 35.5. The Labute approximate surface area is 87.7 Å². The Balaban J connectivity index is 2.21. The summed E-state index contributed by atoms with van der Waals surface area (Å²) in [6.45, 7) is 0. The quantitative estimate of drug-likeness (QED) is 0.696. The van der Waals surface area contributed by atoms with E-state index in [9.17, 15) is 4.79 Å². The molecule has 1 heterocycles. The van der Waals surface area contributed by atoms with Crippen LogP contribution in [0.15, 0.2) is 12.3 Å². The summed E-state index contributed by atoms with van der Waals surface area (Å²) >= 11 is 5.81. The van der Waals surface area contributed by atoms with Crippen molar-refractivity contribution in [2.45, 2.75) is 18.9 Å². The van der Waals surface area contributed by atoms with Crippen LogP contribution in [0.25, 0.3) is 0 Å². The number of halogens is 1. The molecule has 73 valence electrons. The molecule has 2 rings (SSSR count). The summed E-state index contributed by atoms with van der Waals surface area (Å²) in [6.07, 6.45) is 3.63. The first-order chi connectivity index (χ1) is 6.70. The summed E-state index contributed by atoms with van der Waals surface area (Å²) in [5, 5.41) is 0.251. The van der Waals surface area contributed by atoms with Gasteiger partial charge in [0.25, 0.3) is 5.91 Å². The minimum atomic E-state index is -0.0677. The standard InChI is InChI=1S/C10H10ClN2O/c1-13(7-4-5-7)10(14)8-3-2-6-12-9(8)11/h3,6-7H,4-5H2,1H3. The fourth-order valence-corrected chi connectivity index (χ4v) is 1.50. The molecule has 0 atom stereocenters. The lowest BCUT2D eigenvalue weighted by Crippen LogP contribution is -2.29. The Morgan fingerprint density at radius 2 is 2.43 bits per heavy atom. The predicted octanol–water partition coefficient (Wildman–Crippen LogP) is 1.77. The molecule has 1 amide bonds. The van der Waals surface area contributed by atoms with Gasteiger partial charge in [0.2, 0.25) is 0 Å². The van der Waals surface area contributed by atoms with Gasteiger partial charge < -0.3 is 4.90 Å². The van der Waals surface area contributed by atoms with Crippen molar-refractivity contribution in [2.24, 2.45) is 0 Å². The van der Waals surface area contributed by atoms with E-state index in [1.165, 1.54) is 6.20 Å². The molecule has 0 N–H and O–H groups in total. The smallest absolute Gasteiger partial charge is 0.256 e. The van der Waals surface area contributed by atoms with Crippen molar-refractivity contribution in [3.8, 4) is 0 Å². The second-order valence-corrected chi connectivity index (χ2v) is 3.78. The monoisotopic (exact) mass is 209 g/mol. The van der Waals surface area contributed by atoms with E-state index < -0.39 is 0 Å². The maximum atomic E-state index is 11.8. The molecule has 0 aromatic carbocycles. The highest BCUT2D eigenvalue weighted by molar-refractivity contribution is 6.32. The Kier molecular flexibility index (Phi) is 2.42. The average Bonchev–Trinajstić information content (AvgIpc) is 3.00. The Morgan fingerprint density at radius 1 is 1.71 bits per heavy atom. The molecular weight excluding hydrogens is 200 g/mol. The van der Waals surface area contributed by atoms with Gasteiger partial charge in [0, 0.05) is 25.4 Å². The first-order valence-corrected chi connectivity index (χ1v) is 4.86. The van der Waals surface area contributed by atoms with Crippen LogP contribution in [0.4, 0.5) is 0 Å². The van der Waals surface area contributed by atoms with Gasteiger partial charge in [-0.05, 0) is 18.9 Å². The van der Waals surface area contributed by atoms with E-state index in [1.807, 2.05) is 0 Å². The number of nitrogens with zero attached hydrogens (tertiary/aromatic N) is 2. The highest BCUT2D eigenvalue weighted by Gasteiger charge is 2.30. The minimum Gasteiger partial charge on any atom is -0.339 e. The van der Waals surface area contributed by atoms with Crippen LogP contribution in [0, 0.1) is 6.07 Å². The van der Waals surface area contributed by atoms with E-state index in [-0.39, 0.29) is 11.1 Å². The van der Waals surface area contributed by atoms with Crippen LogP contribution in [-0.4, -0.2) is 28.9 Å². The zero-order valence-electron chi connectivity index (χ0n) is 7.83. The lowest BCUT2D eigenvalue weighted by molar-refractivity contribution is 0.0785. The highest BCUT2D eigenvalue weighted by Crippen LogP contribution is 2.27. The summed E-state index contributed by atoms with van der Waals surface area (Å²) in [5.74, 6) is -0.0677. The zero-order chi connectivity index (χ0) is 10.1. The zero-order valence-corrected chi connectivity index (χ0v) is 8.58. The van der Waals surface area contributed by atoms with Crippen molar-refractivity contribution in [1.82, 2.24) is 9.88 Å². The number of pyridine rings is 1. The van der Waals surface area contributed by atoms with Gasteiger partial charge >= 0.3 is 0 Å². The van der Waals surface area contributed by atoms with E-state index in [4.69, 9.17) is 11.6 Å². The number of amides is 1. The number of carbonyl (C=O) groups excluding carboxylic acids is 1. The van der Waals surface area contributed by atoms with Gasteiger partial charge in [-0.3, -0.25) is 4.79 Å². The SMILES string of the molecule is CN(C(=O)c1c[c]cnc1Cl)C1CC1. The minimum absolute atomic E-state index is 0.0677. The van der Waals surface area contributed by atoms with Gasteiger partial charge in [-0.25, -0.2) is 4.98 Å². The van der Waals surface area contributed by atoms with Gasteiger partial charge in [0.1, 0.15) is 5.15 Å². The van der Waals surface area contributed by atoms with Gasteiger partial charge in [0.05, 0.1) is 5.56 Å². The van der Waals surface area contributed by atoms with Crippen LogP contribution in [0.2, 0.25) is 5.15 Å². The first kappa shape index (κ1) is 9.46. The molecule has 4 heteroatoms. The average molecular weight is 210 g/mol. The molecule has 1 fully saturated rings. The second-order valence-electron chi connectivity index (χ2n) is 3.42. The summed E-state index contributed by atoms with van der Waals surface area (Å²) in [5.41, 5.74) is 0.434. The number of hydrogen-bond donors (Lipinski definition) is 0. The van der Waals surface area contributed by atoms with Crippen LogP contribution in [0.3, 0.4) is 0 Å². The Hall–Kier alpha value is -1.09. The van der Waals surface area contributed by atoms with E-state index in [0.717, 1.165) is 12.8 Å². The van der Waals surface area contributed by atoms with E-state index in [1.54, 1.807) is 18.0 Å². The largest absolute Gasteiger partial charge is 0.339 e. The van der Waals surface area contributed by atoms with Gasteiger partial charge in [0.15, 0.2) is 0 Å². The Morgan fingerprint density at radius 3 is 3.00 bits per heavy atom. The summed E-state index contributed by atoms with van der Waals surface area (Å²) in [7, 11) is 1.79. The molecule has 14 heavy (non-hydrogen) atoms. The third-order valence-corrected chi connectivity index (χ3v) is 2.65. The molecule has 1 aliphatic carbocycles. The third kappa shape index (κ3) is 1.73. The lowest BCUT2D eigenvalue weighted by atomic mass is 10.2. The molecule has 3 nitrogen and oxygen atoms in total. The van der Waals surface area contributed by atoms with Crippen LogP contribution in [0.5, 0.6) is 0 Å². The molecule has 1 saturated carbocycles. The van der Waals surface area contributed by atoms with Crippen LogP contribution in [0.1, 0.15) is 23.2 Å². The maximum Gasteiger partial charge on any atom is 0.256 e. The third-order valence-electron chi connectivity index (χ3n) is 2.35. The second kappa shape index (κ2) is 3.58. The number of carbonyl (C=O) groups is 1. The van der Waals surface area contributed by atoms with Gasteiger partial charge in [-0.1, -0.05) is 11.6 Å². The normalized spacial score (nSPS) is 15.3. The predicted molar refractivity (Wildman–Crippen MR) is 53.2 cm³/mol. The van der Waals surface area contributed by atoms with E-state index >= 15 is 0 Å². The molecule has 0 spiro atoms. The number of aromatic nitrogens is 1. The van der Waals surface area contributed by atoms with Crippen molar-refractivity contribution >= 4 is 17.5 Å². The molecule has 1 radical (unpaired) electrons. The fraction of sp³-hybridized carbons (Fsp3) is 0.400. The maximum absolute atomic E-state index is 11.8. The van der Waals surface area contributed by atoms with Crippen molar-refractivity contribution in [3.63, 3.8) is 0 Å². The summed E-state index contributed by atoms with van der Waals surface area (Å²) in [6, 6.07) is 4.72. The van der Waals surface area contributed by atoms with Gasteiger partial charge in [-0.2, -0.15) is 0 Å². The van der Waals surface area contributed by atoms with Crippen molar-refractivity contribution in [1.29, 1.82) is 0 Å². The van der Waals surface area contributed by atoms with Crippen molar-refractivity contribution in [3.05, 3.63) is 29.0 Å². The van der Waals surface area contributed by atoms with Crippen LogP contribution < -0.4 is 0 Å². The first-order valence-electron chi connectivity index (χ1n) is 4.49. The number of rotatable bonds is 2. The van der Waals surface area contributed by atoms with Crippen molar-refractivity contribution in [2.75, 3.05) is 7.05 Å². The van der Waals surface area contributed by atoms with Crippen LogP contribution >= 0.6 is 11.6 Å². The van der Waals surface area contributed by atoms with Crippen LogP contribution in [-0.2, 0) is 0 Å². The molecule has 0 bridgehead atoms. The molecule has 0 unspecified atom stereocenters. The summed E-state index contributed by atoms with van der Waals surface area (Å²) < 4.78 is 0. The van der Waals surface area contributed by atoms with Crippen molar-refractivity contribution < 1.29 is 4.79 Å². The number of hydrogen-bond acceptors (Lipinski definition) is 2. The van der Waals surface area contributed by atoms with E-state index in [0.29, 0.717) is 11.6 Å². The lowest BCUT2D eigenvalue weighted by Gasteiger charge is -2.16. The van der Waals surface area contributed by atoms with E-state index in [2.05, 4.69) is 11.1 Å². The molecule has 0 aliphatic heterocycles. The molecule has 1 aromatic heterocycles. The fourth-order valence-electron chi connectivity index (χ4n) is 1.31. The summed E-state index contributed by atoms with van der Waals surface area (Å²) in [4.78, 5) is 17.4. The molecule has 0 saturated heterocycles. The molecular formula is C10H10ClN2O. The Bertz CT molecular complexity index is 363. The topological polar surface area (TPSA) is 33.2 Å². The molecule has 1 aromatic rings.